The molecule has 2 aromatic rings. The Balaban J connectivity index is 1.46. The van der Waals surface area contributed by atoms with Gasteiger partial charge in [0.1, 0.15) is 0 Å². The van der Waals surface area contributed by atoms with E-state index in [2.05, 4.69) is 18.9 Å². The average molecular weight is 381 g/mol. The first kappa shape index (κ1) is 18.7. The molecule has 2 unspecified atom stereocenters. The van der Waals surface area contributed by atoms with Gasteiger partial charge < -0.3 is 9.64 Å². The molecule has 0 bridgehead atoms. The van der Waals surface area contributed by atoms with Crippen LogP contribution in [0.15, 0.2) is 30.3 Å². The summed E-state index contributed by atoms with van der Waals surface area (Å²) in [5, 5.41) is 4.53. The van der Waals surface area contributed by atoms with E-state index >= 15 is 0 Å². The van der Waals surface area contributed by atoms with Gasteiger partial charge in [0.15, 0.2) is 12.3 Å². The number of ether oxygens (including phenoxy) is 1. The van der Waals surface area contributed by atoms with E-state index in [1.165, 1.54) is 0 Å². The third-order valence-electron chi connectivity index (χ3n) is 5.67. The Morgan fingerprint density at radius 3 is 2.54 bits per heavy atom. The summed E-state index contributed by atoms with van der Waals surface area (Å²) in [5.74, 6) is 0.339. The van der Waals surface area contributed by atoms with E-state index in [-0.39, 0.29) is 12.5 Å². The van der Waals surface area contributed by atoms with Gasteiger partial charge in [-0.15, -0.1) is 0 Å². The molecule has 1 amide bonds. The van der Waals surface area contributed by atoms with Crippen molar-refractivity contribution in [2.24, 2.45) is 11.8 Å². The van der Waals surface area contributed by atoms with Crippen LogP contribution in [0, 0.1) is 11.8 Å². The molecule has 0 saturated carbocycles. The molecule has 0 spiro atoms. The van der Waals surface area contributed by atoms with Crippen molar-refractivity contribution in [2.75, 3.05) is 19.7 Å². The Morgan fingerprint density at radius 2 is 1.82 bits per heavy atom. The van der Waals surface area contributed by atoms with Crippen LogP contribution >= 0.6 is 0 Å². The quantitative estimate of drug-likeness (QED) is 0.764. The lowest BCUT2D eigenvalue weighted by molar-refractivity contribution is -0.137. The van der Waals surface area contributed by atoms with E-state index in [4.69, 9.17) is 4.74 Å². The Kier molecular flexibility index (Phi) is 5.20. The van der Waals surface area contributed by atoms with Gasteiger partial charge in [0.25, 0.3) is 5.91 Å². The highest BCUT2D eigenvalue weighted by Gasteiger charge is 2.30. The number of fused-ring (bicyclic) bond motifs is 1. The monoisotopic (exact) mass is 381 g/mol. The molecule has 6 heteroatoms. The molecule has 148 valence electrons. The summed E-state index contributed by atoms with van der Waals surface area (Å²) in [6, 6.07) is 9.81. The summed E-state index contributed by atoms with van der Waals surface area (Å²) >= 11 is 0. The lowest BCUT2D eigenvalue weighted by Crippen LogP contribution is -2.44. The topological polar surface area (TPSA) is 64.4 Å². The lowest BCUT2D eigenvalue weighted by Gasteiger charge is -2.34. The molecule has 0 radical (unpaired) electrons. The van der Waals surface area contributed by atoms with Crippen LogP contribution in [-0.4, -0.2) is 46.3 Å². The number of carbonyl (C=O) groups is 2. The second kappa shape index (κ2) is 7.78. The number of piperidine rings is 1. The molecular weight excluding hydrogens is 354 g/mol. The van der Waals surface area contributed by atoms with Crippen LogP contribution in [0.5, 0.6) is 0 Å². The number of rotatable bonds is 4. The maximum Gasteiger partial charge on any atom is 0.359 e. The van der Waals surface area contributed by atoms with Crippen molar-refractivity contribution in [2.45, 2.75) is 39.5 Å². The zero-order valence-electron chi connectivity index (χ0n) is 16.6. The summed E-state index contributed by atoms with van der Waals surface area (Å²) < 4.78 is 7.22. The van der Waals surface area contributed by atoms with Crippen molar-refractivity contribution in [1.82, 2.24) is 14.7 Å². The van der Waals surface area contributed by atoms with Gasteiger partial charge in [-0.3, -0.25) is 4.79 Å². The number of hydrogen-bond donors (Lipinski definition) is 0. The molecule has 28 heavy (non-hydrogen) atoms. The molecule has 1 aliphatic heterocycles. The molecule has 1 aromatic carbocycles. The zero-order chi connectivity index (χ0) is 19.7. The van der Waals surface area contributed by atoms with Gasteiger partial charge in [0.05, 0.1) is 5.69 Å². The smallest absolute Gasteiger partial charge is 0.359 e. The molecule has 1 aromatic heterocycles. The highest BCUT2D eigenvalue weighted by Crippen LogP contribution is 2.28. The summed E-state index contributed by atoms with van der Waals surface area (Å²) in [7, 11) is 0. The summed E-state index contributed by atoms with van der Waals surface area (Å²) in [6.07, 6.45) is 3.85. The van der Waals surface area contributed by atoms with Crippen molar-refractivity contribution in [3.05, 3.63) is 47.3 Å². The van der Waals surface area contributed by atoms with Crippen molar-refractivity contribution < 1.29 is 14.3 Å². The second-order valence-electron chi connectivity index (χ2n) is 8.20. The van der Waals surface area contributed by atoms with Crippen LogP contribution in [-0.2, 0) is 22.4 Å². The molecular formula is C22H27N3O3. The molecule has 1 aliphatic carbocycles. The van der Waals surface area contributed by atoms with E-state index in [0.717, 1.165) is 55.7 Å². The molecule has 4 rings (SSSR count). The fourth-order valence-corrected chi connectivity index (χ4v) is 4.54. The maximum absolute atomic E-state index is 12.7. The standard InChI is InChI=1S/C22H27N3O3/c1-15-11-16(2)13-24(12-15)20(26)14-28-22(27)21-18-9-6-10-19(18)25(23-21)17-7-4-3-5-8-17/h3-5,7-8,15-16H,6,9-14H2,1-2H3. The summed E-state index contributed by atoms with van der Waals surface area (Å²) in [6.45, 7) is 5.56. The number of benzene rings is 1. The molecule has 2 heterocycles. The minimum atomic E-state index is -0.501. The Labute approximate surface area is 165 Å². The molecule has 2 aliphatic rings. The highest BCUT2D eigenvalue weighted by molar-refractivity contribution is 5.91. The molecule has 1 fully saturated rings. The fraction of sp³-hybridized carbons (Fsp3) is 0.500. The number of likely N-dealkylation sites (tertiary alicyclic amines) is 1. The number of amides is 1. The molecule has 2 atom stereocenters. The van der Waals surface area contributed by atoms with Crippen LogP contribution in [0.3, 0.4) is 0 Å². The third-order valence-corrected chi connectivity index (χ3v) is 5.67. The largest absolute Gasteiger partial charge is 0.451 e. The van der Waals surface area contributed by atoms with Gasteiger partial charge in [-0.1, -0.05) is 32.0 Å². The van der Waals surface area contributed by atoms with Gasteiger partial charge >= 0.3 is 5.97 Å². The molecule has 0 N–H and O–H groups in total. The van der Waals surface area contributed by atoms with Crippen molar-refractivity contribution in [1.29, 1.82) is 0 Å². The number of nitrogens with zero attached hydrogens (tertiary/aromatic N) is 3. The third kappa shape index (κ3) is 3.68. The number of carbonyl (C=O) groups excluding carboxylic acids is 2. The van der Waals surface area contributed by atoms with Gasteiger partial charge in [0, 0.05) is 24.3 Å². The van der Waals surface area contributed by atoms with Crippen LogP contribution in [0.4, 0.5) is 0 Å². The SMILES string of the molecule is CC1CC(C)CN(C(=O)COC(=O)c2nn(-c3ccccc3)c3c2CCC3)C1. The van der Waals surface area contributed by atoms with Crippen LogP contribution in [0.25, 0.3) is 5.69 Å². The first-order chi connectivity index (χ1) is 13.5. The van der Waals surface area contributed by atoms with Gasteiger partial charge in [-0.05, 0) is 49.7 Å². The molecule has 6 nitrogen and oxygen atoms in total. The first-order valence-corrected chi connectivity index (χ1v) is 10.1. The number of hydrogen-bond acceptors (Lipinski definition) is 4. The van der Waals surface area contributed by atoms with Gasteiger partial charge in [0.2, 0.25) is 0 Å². The number of esters is 1. The van der Waals surface area contributed by atoms with E-state index < -0.39 is 5.97 Å². The number of aromatic nitrogens is 2. The van der Waals surface area contributed by atoms with E-state index in [9.17, 15) is 9.59 Å². The van der Waals surface area contributed by atoms with E-state index in [1.54, 1.807) is 0 Å². The van der Waals surface area contributed by atoms with Crippen molar-refractivity contribution in [3.8, 4) is 5.69 Å². The fourth-order valence-electron chi connectivity index (χ4n) is 4.54. The Morgan fingerprint density at radius 1 is 1.11 bits per heavy atom. The predicted octanol–water partition coefficient (Wildman–Crippen LogP) is 3.02. The normalized spacial score (nSPS) is 21.4. The maximum atomic E-state index is 12.7. The Hall–Kier alpha value is -2.63. The number of para-hydroxylation sites is 1. The van der Waals surface area contributed by atoms with Crippen LogP contribution < -0.4 is 0 Å². The van der Waals surface area contributed by atoms with Crippen LogP contribution in [0.1, 0.15) is 48.4 Å². The van der Waals surface area contributed by atoms with Crippen molar-refractivity contribution >= 4 is 11.9 Å². The average Bonchev–Trinajstić information content (AvgIpc) is 3.28. The summed E-state index contributed by atoms with van der Waals surface area (Å²) in [5.41, 5.74) is 3.32. The summed E-state index contributed by atoms with van der Waals surface area (Å²) in [4.78, 5) is 27.0. The minimum Gasteiger partial charge on any atom is -0.451 e. The second-order valence-corrected chi connectivity index (χ2v) is 8.20. The zero-order valence-corrected chi connectivity index (χ0v) is 16.6. The van der Waals surface area contributed by atoms with E-state index in [0.29, 0.717) is 17.5 Å². The van der Waals surface area contributed by atoms with Crippen LogP contribution in [0.2, 0.25) is 0 Å². The lowest BCUT2D eigenvalue weighted by atomic mass is 9.92. The minimum absolute atomic E-state index is 0.120. The highest BCUT2D eigenvalue weighted by atomic mass is 16.5. The van der Waals surface area contributed by atoms with E-state index in [1.807, 2.05) is 39.9 Å². The van der Waals surface area contributed by atoms with Gasteiger partial charge in [-0.2, -0.15) is 5.10 Å². The molecule has 1 saturated heterocycles. The van der Waals surface area contributed by atoms with Crippen molar-refractivity contribution in [3.63, 3.8) is 0 Å². The Bertz CT molecular complexity index is 865. The predicted molar refractivity (Wildman–Crippen MR) is 105 cm³/mol. The van der Waals surface area contributed by atoms with Gasteiger partial charge in [-0.25, -0.2) is 9.48 Å². The first-order valence-electron chi connectivity index (χ1n) is 10.1.